The summed E-state index contributed by atoms with van der Waals surface area (Å²) in [6.07, 6.45) is 3.31. The lowest BCUT2D eigenvalue weighted by Crippen LogP contribution is -2.33. The normalized spacial score (nSPS) is 14.8. The molecule has 1 aliphatic rings. The summed E-state index contributed by atoms with van der Waals surface area (Å²) in [4.78, 5) is 4.30. The molecular weight excluding hydrogens is 341 g/mol. The second kappa shape index (κ2) is 7.45. The molecule has 0 unspecified atom stereocenters. The lowest BCUT2D eigenvalue weighted by Gasteiger charge is -2.04. The number of halogens is 1. The van der Waals surface area contributed by atoms with Crippen LogP contribution in [-0.4, -0.2) is 25.7 Å². The van der Waals surface area contributed by atoms with Gasteiger partial charge in [-0.25, -0.2) is 0 Å². The minimum atomic E-state index is 0. The van der Waals surface area contributed by atoms with Gasteiger partial charge in [0.15, 0.2) is 5.96 Å². The number of hydrogen-bond acceptors (Lipinski definition) is 2. The number of nitrogens with zero attached hydrogens (tertiary/aromatic N) is 1. The Bertz CT molecular complexity index is 405. The predicted molar refractivity (Wildman–Crippen MR) is 84.8 cm³/mol. The van der Waals surface area contributed by atoms with Crippen LogP contribution in [0.3, 0.4) is 0 Å². The van der Waals surface area contributed by atoms with Crippen molar-refractivity contribution in [2.45, 2.75) is 25.3 Å². The van der Waals surface area contributed by atoms with Crippen molar-refractivity contribution in [1.29, 1.82) is 0 Å². The first-order chi connectivity index (χ1) is 8.28. The Morgan fingerprint density at radius 2 is 2.28 bits per heavy atom. The number of hydrogen-bond donors (Lipinski definition) is 2. The monoisotopic (exact) mass is 361 g/mol. The van der Waals surface area contributed by atoms with Crippen molar-refractivity contribution >= 4 is 29.9 Å². The van der Waals surface area contributed by atoms with Crippen LogP contribution in [0.4, 0.5) is 0 Å². The number of guanidine groups is 1. The number of methoxy groups -OCH3 is 1. The minimum Gasteiger partial charge on any atom is -0.497 e. The fraction of sp³-hybridized carbons (Fsp3) is 0.462. The summed E-state index contributed by atoms with van der Waals surface area (Å²) in [7, 11) is 1.68. The fourth-order valence-electron chi connectivity index (χ4n) is 1.62. The molecule has 0 bridgehead atoms. The highest BCUT2D eigenvalue weighted by molar-refractivity contribution is 14.0. The van der Waals surface area contributed by atoms with Gasteiger partial charge in [0, 0.05) is 12.6 Å². The van der Waals surface area contributed by atoms with Gasteiger partial charge in [0.1, 0.15) is 5.75 Å². The Kier molecular flexibility index (Phi) is 6.24. The molecule has 1 fully saturated rings. The topological polar surface area (TPSA) is 59.6 Å². The van der Waals surface area contributed by atoms with E-state index in [1.807, 2.05) is 18.2 Å². The van der Waals surface area contributed by atoms with Gasteiger partial charge < -0.3 is 15.8 Å². The number of benzene rings is 1. The second-order valence-electron chi connectivity index (χ2n) is 4.29. The van der Waals surface area contributed by atoms with E-state index in [9.17, 15) is 0 Å². The van der Waals surface area contributed by atoms with Crippen LogP contribution >= 0.6 is 24.0 Å². The van der Waals surface area contributed by atoms with Crippen molar-refractivity contribution in [3.8, 4) is 5.75 Å². The largest absolute Gasteiger partial charge is 0.497 e. The predicted octanol–water partition coefficient (Wildman–Crippen LogP) is 1.92. The Morgan fingerprint density at radius 1 is 1.50 bits per heavy atom. The van der Waals surface area contributed by atoms with Crippen molar-refractivity contribution in [1.82, 2.24) is 5.32 Å². The number of aliphatic imine (C=N–C) groups is 1. The maximum absolute atomic E-state index is 5.75. The molecule has 0 atom stereocenters. The zero-order valence-corrected chi connectivity index (χ0v) is 12.9. The van der Waals surface area contributed by atoms with E-state index < -0.39 is 0 Å². The van der Waals surface area contributed by atoms with Crippen molar-refractivity contribution in [2.24, 2.45) is 10.7 Å². The van der Waals surface area contributed by atoms with E-state index in [-0.39, 0.29) is 24.0 Å². The maximum Gasteiger partial charge on any atom is 0.188 e. The van der Waals surface area contributed by atoms with Crippen LogP contribution in [0.1, 0.15) is 18.4 Å². The van der Waals surface area contributed by atoms with Gasteiger partial charge in [0.2, 0.25) is 0 Å². The number of ether oxygens (including phenoxy) is 1. The van der Waals surface area contributed by atoms with Crippen LogP contribution in [-0.2, 0) is 6.42 Å². The molecule has 0 amide bonds. The van der Waals surface area contributed by atoms with Crippen molar-refractivity contribution in [3.63, 3.8) is 0 Å². The van der Waals surface area contributed by atoms with Crippen molar-refractivity contribution in [3.05, 3.63) is 29.8 Å². The van der Waals surface area contributed by atoms with Crippen LogP contribution in [0.15, 0.2) is 29.3 Å². The van der Waals surface area contributed by atoms with E-state index in [2.05, 4.69) is 16.4 Å². The molecule has 18 heavy (non-hydrogen) atoms. The highest BCUT2D eigenvalue weighted by Crippen LogP contribution is 2.18. The van der Waals surface area contributed by atoms with E-state index in [1.165, 1.54) is 18.4 Å². The third-order valence-electron chi connectivity index (χ3n) is 2.75. The molecule has 2 rings (SSSR count). The lowest BCUT2D eigenvalue weighted by molar-refractivity contribution is 0.414. The van der Waals surface area contributed by atoms with Crippen LogP contribution in [0.2, 0.25) is 0 Å². The fourth-order valence-corrected chi connectivity index (χ4v) is 1.62. The van der Waals surface area contributed by atoms with Crippen LogP contribution in [0.5, 0.6) is 5.75 Å². The second-order valence-corrected chi connectivity index (χ2v) is 4.29. The van der Waals surface area contributed by atoms with Crippen LogP contribution in [0, 0.1) is 0 Å². The summed E-state index contributed by atoms with van der Waals surface area (Å²) < 4.78 is 5.17. The average molecular weight is 361 g/mol. The first-order valence-corrected chi connectivity index (χ1v) is 5.97. The summed E-state index contributed by atoms with van der Waals surface area (Å²) in [6.45, 7) is 0.707. The van der Waals surface area contributed by atoms with Crippen LogP contribution < -0.4 is 15.8 Å². The van der Waals surface area contributed by atoms with E-state index >= 15 is 0 Å². The standard InChI is InChI=1S/C13H19N3O.HI/c1-17-12-4-2-3-10(9-12)7-8-15-13(14)16-11-5-6-11;/h2-4,9,11H,5-8H2,1H3,(H3,14,15,16);1H. The Balaban J connectivity index is 0.00000162. The maximum atomic E-state index is 5.75. The van der Waals surface area contributed by atoms with E-state index in [0.717, 1.165) is 12.2 Å². The SMILES string of the molecule is COc1cccc(CCN=C(N)NC2CC2)c1.I. The molecule has 1 aromatic carbocycles. The third-order valence-corrected chi connectivity index (χ3v) is 2.75. The molecule has 5 heteroatoms. The molecule has 0 spiro atoms. The summed E-state index contributed by atoms with van der Waals surface area (Å²) in [6, 6.07) is 8.60. The molecule has 1 aliphatic carbocycles. The molecule has 0 heterocycles. The molecule has 3 N–H and O–H groups in total. The van der Waals surface area contributed by atoms with Gasteiger partial charge >= 0.3 is 0 Å². The summed E-state index contributed by atoms with van der Waals surface area (Å²) in [5.74, 6) is 1.45. The Morgan fingerprint density at radius 3 is 2.94 bits per heavy atom. The Hall–Kier alpha value is -0.980. The Labute approximate surface area is 125 Å². The van der Waals surface area contributed by atoms with Gasteiger partial charge in [0.25, 0.3) is 0 Å². The molecule has 1 saturated carbocycles. The first-order valence-electron chi connectivity index (χ1n) is 5.97. The average Bonchev–Trinajstić information content (AvgIpc) is 3.13. The van der Waals surface area contributed by atoms with Crippen molar-refractivity contribution in [2.75, 3.05) is 13.7 Å². The van der Waals surface area contributed by atoms with Gasteiger partial charge in [-0.3, -0.25) is 4.99 Å². The summed E-state index contributed by atoms with van der Waals surface area (Å²) in [5, 5.41) is 3.17. The zero-order chi connectivity index (χ0) is 12.1. The first kappa shape index (κ1) is 15.1. The zero-order valence-electron chi connectivity index (χ0n) is 10.6. The van der Waals surface area contributed by atoms with Crippen molar-refractivity contribution < 1.29 is 4.74 Å². The number of nitrogens with two attached hydrogens (primary N) is 1. The molecule has 0 saturated heterocycles. The summed E-state index contributed by atoms with van der Waals surface area (Å²) in [5.41, 5.74) is 6.96. The smallest absolute Gasteiger partial charge is 0.188 e. The summed E-state index contributed by atoms with van der Waals surface area (Å²) >= 11 is 0. The highest BCUT2D eigenvalue weighted by atomic mass is 127. The molecule has 0 aromatic heterocycles. The molecule has 0 aliphatic heterocycles. The molecular formula is C13H20IN3O. The van der Waals surface area contributed by atoms with E-state index in [4.69, 9.17) is 10.5 Å². The molecule has 1 aromatic rings. The van der Waals surface area contributed by atoms with Crippen LogP contribution in [0.25, 0.3) is 0 Å². The number of rotatable bonds is 5. The van der Waals surface area contributed by atoms with Gasteiger partial charge in [-0.2, -0.15) is 0 Å². The number of nitrogens with one attached hydrogen (secondary N) is 1. The minimum absolute atomic E-state index is 0. The van der Waals surface area contributed by atoms with Gasteiger partial charge in [-0.05, 0) is 37.0 Å². The third kappa shape index (κ3) is 5.12. The highest BCUT2D eigenvalue weighted by Gasteiger charge is 2.21. The lowest BCUT2D eigenvalue weighted by atomic mass is 10.1. The molecule has 4 nitrogen and oxygen atoms in total. The molecule has 0 radical (unpaired) electrons. The van der Waals surface area contributed by atoms with Gasteiger partial charge in [-0.1, -0.05) is 12.1 Å². The quantitative estimate of drug-likeness (QED) is 0.479. The van der Waals surface area contributed by atoms with Gasteiger partial charge in [0.05, 0.1) is 7.11 Å². The molecule has 100 valence electrons. The van der Waals surface area contributed by atoms with E-state index in [0.29, 0.717) is 18.5 Å². The van der Waals surface area contributed by atoms with Gasteiger partial charge in [-0.15, -0.1) is 24.0 Å². The van der Waals surface area contributed by atoms with E-state index in [1.54, 1.807) is 7.11 Å².